The van der Waals surface area contributed by atoms with E-state index in [0.29, 0.717) is 22.4 Å². The summed E-state index contributed by atoms with van der Waals surface area (Å²) in [5.41, 5.74) is 1.88. The number of carbonyl (C=O) groups is 1. The molecule has 2 aromatic rings. The van der Waals surface area contributed by atoms with Gasteiger partial charge in [-0.1, -0.05) is 24.3 Å². The SMILES string of the molecule is COc1cccc(C(O)CNC(=O)NCc2ccc(C)c(F)c2)c1. The number of carbonyl (C=O) groups excluding carboxylic acids is 1. The maximum absolute atomic E-state index is 13.4. The summed E-state index contributed by atoms with van der Waals surface area (Å²) in [6.45, 7) is 1.94. The fourth-order valence-corrected chi connectivity index (χ4v) is 2.15. The van der Waals surface area contributed by atoms with Gasteiger partial charge in [-0.15, -0.1) is 0 Å². The van der Waals surface area contributed by atoms with Crippen molar-refractivity contribution in [2.75, 3.05) is 13.7 Å². The molecule has 2 amide bonds. The number of ether oxygens (including phenoxy) is 1. The maximum Gasteiger partial charge on any atom is 0.315 e. The Bertz CT molecular complexity index is 706. The third-order valence-electron chi connectivity index (χ3n) is 3.62. The van der Waals surface area contributed by atoms with Crippen LogP contribution < -0.4 is 15.4 Å². The van der Waals surface area contributed by atoms with Crippen molar-refractivity contribution in [3.63, 3.8) is 0 Å². The Balaban J connectivity index is 1.80. The molecule has 0 aliphatic carbocycles. The third kappa shape index (κ3) is 4.96. The molecule has 5 nitrogen and oxygen atoms in total. The number of benzene rings is 2. The highest BCUT2D eigenvalue weighted by molar-refractivity contribution is 5.73. The first-order valence-corrected chi connectivity index (χ1v) is 7.58. The molecule has 3 N–H and O–H groups in total. The van der Waals surface area contributed by atoms with E-state index in [1.165, 1.54) is 6.07 Å². The monoisotopic (exact) mass is 332 g/mol. The molecule has 0 radical (unpaired) electrons. The molecule has 128 valence electrons. The molecule has 0 saturated carbocycles. The molecule has 6 heteroatoms. The quantitative estimate of drug-likeness (QED) is 0.762. The Morgan fingerprint density at radius 3 is 2.75 bits per heavy atom. The second-order valence-corrected chi connectivity index (χ2v) is 5.44. The lowest BCUT2D eigenvalue weighted by Gasteiger charge is -2.14. The largest absolute Gasteiger partial charge is 0.497 e. The second kappa shape index (κ2) is 8.31. The number of halogens is 1. The molecule has 24 heavy (non-hydrogen) atoms. The van der Waals surface area contributed by atoms with Gasteiger partial charge in [0.1, 0.15) is 11.6 Å². The van der Waals surface area contributed by atoms with Gasteiger partial charge in [0.05, 0.1) is 13.2 Å². The van der Waals surface area contributed by atoms with E-state index in [1.807, 2.05) is 0 Å². The van der Waals surface area contributed by atoms with Crippen LogP contribution >= 0.6 is 0 Å². The number of hydrogen-bond acceptors (Lipinski definition) is 3. The molecule has 0 fully saturated rings. The van der Waals surface area contributed by atoms with Crippen molar-refractivity contribution >= 4 is 6.03 Å². The number of aliphatic hydroxyl groups is 1. The Morgan fingerprint density at radius 2 is 2.04 bits per heavy atom. The Kier molecular flexibility index (Phi) is 6.14. The number of aliphatic hydroxyl groups excluding tert-OH is 1. The lowest BCUT2D eigenvalue weighted by molar-refractivity contribution is 0.172. The van der Waals surface area contributed by atoms with Gasteiger partial charge in [0.2, 0.25) is 0 Å². The summed E-state index contributed by atoms with van der Waals surface area (Å²) in [4.78, 5) is 11.8. The number of aryl methyl sites for hydroxylation is 1. The molecular formula is C18H21FN2O3. The van der Waals surface area contributed by atoms with Gasteiger partial charge >= 0.3 is 6.03 Å². The highest BCUT2D eigenvalue weighted by Crippen LogP contribution is 2.18. The molecule has 2 rings (SSSR count). The summed E-state index contributed by atoms with van der Waals surface area (Å²) < 4.78 is 18.5. The molecule has 0 aliphatic heterocycles. The molecule has 0 aliphatic rings. The van der Waals surface area contributed by atoms with Gasteiger partial charge in [-0.25, -0.2) is 9.18 Å². The standard InChI is InChI=1S/C18H21FN2O3/c1-12-6-7-13(8-16(12)19)10-20-18(23)21-11-17(22)14-4-3-5-15(9-14)24-2/h3-9,17,22H,10-11H2,1-2H3,(H2,20,21,23). The summed E-state index contributed by atoms with van der Waals surface area (Å²) in [6, 6.07) is 11.4. The van der Waals surface area contributed by atoms with Crippen molar-refractivity contribution < 1.29 is 19.0 Å². The van der Waals surface area contributed by atoms with Crippen molar-refractivity contribution in [2.45, 2.75) is 19.6 Å². The smallest absolute Gasteiger partial charge is 0.315 e. The van der Waals surface area contributed by atoms with E-state index in [0.717, 1.165) is 0 Å². The average molecular weight is 332 g/mol. The number of amides is 2. The lowest BCUT2D eigenvalue weighted by Crippen LogP contribution is -2.37. The van der Waals surface area contributed by atoms with E-state index >= 15 is 0 Å². The summed E-state index contributed by atoms with van der Waals surface area (Å²) in [6.07, 6.45) is -0.845. The highest BCUT2D eigenvalue weighted by atomic mass is 19.1. The second-order valence-electron chi connectivity index (χ2n) is 5.44. The predicted octanol–water partition coefficient (Wildman–Crippen LogP) is 2.68. The first-order valence-electron chi connectivity index (χ1n) is 7.58. The van der Waals surface area contributed by atoms with Gasteiger partial charge in [0.15, 0.2) is 0 Å². The van der Waals surface area contributed by atoms with Gasteiger partial charge < -0.3 is 20.5 Å². The van der Waals surface area contributed by atoms with Gasteiger partial charge in [-0.3, -0.25) is 0 Å². The van der Waals surface area contributed by atoms with Crippen molar-refractivity contribution in [3.8, 4) is 5.75 Å². The Hall–Kier alpha value is -2.60. The summed E-state index contributed by atoms with van der Waals surface area (Å²) in [7, 11) is 1.55. The van der Waals surface area contributed by atoms with Crippen molar-refractivity contribution in [3.05, 3.63) is 65.0 Å². The number of nitrogens with one attached hydrogen (secondary N) is 2. The third-order valence-corrected chi connectivity index (χ3v) is 3.62. The Morgan fingerprint density at radius 1 is 1.25 bits per heavy atom. The fourth-order valence-electron chi connectivity index (χ4n) is 2.15. The molecule has 0 aromatic heterocycles. The van der Waals surface area contributed by atoms with Crippen molar-refractivity contribution in [1.29, 1.82) is 0 Å². The summed E-state index contributed by atoms with van der Waals surface area (Å²) in [5.74, 6) is 0.334. The van der Waals surface area contributed by atoms with Crippen LogP contribution in [0, 0.1) is 12.7 Å². The number of methoxy groups -OCH3 is 1. The first-order chi connectivity index (χ1) is 11.5. The van der Waals surface area contributed by atoms with Crippen LogP contribution in [0.15, 0.2) is 42.5 Å². The van der Waals surface area contributed by atoms with Crippen LogP contribution in [-0.4, -0.2) is 24.8 Å². The minimum atomic E-state index is -0.845. The number of rotatable bonds is 6. The zero-order chi connectivity index (χ0) is 17.5. The zero-order valence-electron chi connectivity index (χ0n) is 13.7. The number of urea groups is 1. The van der Waals surface area contributed by atoms with Crippen LogP contribution in [0.3, 0.4) is 0 Å². The summed E-state index contributed by atoms with van der Waals surface area (Å²) >= 11 is 0. The van der Waals surface area contributed by atoms with Gasteiger partial charge in [0.25, 0.3) is 0 Å². The first kappa shape index (κ1) is 17.7. The van der Waals surface area contributed by atoms with Crippen LogP contribution in [-0.2, 0) is 6.54 Å². The zero-order valence-corrected chi connectivity index (χ0v) is 13.7. The maximum atomic E-state index is 13.4. The molecule has 0 saturated heterocycles. The van der Waals surface area contributed by atoms with E-state index in [-0.39, 0.29) is 18.9 Å². The molecule has 1 atom stereocenters. The van der Waals surface area contributed by atoms with Gasteiger partial charge in [-0.2, -0.15) is 0 Å². The van der Waals surface area contributed by atoms with Gasteiger partial charge in [-0.05, 0) is 41.8 Å². The highest BCUT2D eigenvalue weighted by Gasteiger charge is 2.10. The van der Waals surface area contributed by atoms with Crippen LogP contribution in [0.4, 0.5) is 9.18 Å². The van der Waals surface area contributed by atoms with E-state index < -0.39 is 12.1 Å². The van der Waals surface area contributed by atoms with Crippen LogP contribution in [0.2, 0.25) is 0 Å². The fraction of sp³-hybridized carbons (Fsp3) is 0.278. The number of hydrogen-bond donors (Lipinski definition) is 3. The van der Waals surface area contributed by atoms with E-state index in [2.05, 4.69) is 10.6 Å². The van der Waals surface area contributed by atoms with E-state index in [1.54, 1.807) is 50.4 Å². The molecule has 0 heterocycles. The molecular weight excluding hydrogens is 311 g/mol. The average Bonchev–Trinajstić information content (AvgIpc) is 2.60. The molecule has 1 unspecified atom stereocenters. The summed E-state index contributed by atoms with van der Waals surface area (Å²) in [5, 5.41) is 15.3. The van der Waals surface area contributed by atoms with Crippen molar-refractivity contribution in [1.82, 2.24) is 10.6 Å². The van der Waals surface area contributed by atoms with E-state index in [9.17, 15) is 14.3 Å². The lowest BCUT2D eigenvalue weighted by atomic mass is 10.1. The molecule has 2 aromatic carbocycles. The van der Waals surface area contributed by atoms with Crippen LogP contribution in [0.5, 0.6) is 5.75 Å². The topological polar surface area (TPSA) is 70.6 Å². The van der Waals surface area contributed by atoms with Gasteiger partial charge in [0, 0.05) is 13.1 Å². The minimum Gasteiger partial charge on any atom is -0.497 e. The van der Waals surface area contributed by atoms with Crippen molar-refractivity contribution in [2.24, 2.45) is 0 Å². The normalized spacial score (nSPS) is 11.7. The van der Waals surface area contributed by atoms with Crippen LogP contribution in [0.25, 0.3) is 0 Å². The Labute approximate surface area is 140 Å². The predicted molar refractivity (Wildman–Crippen MR) is 89.3 cm³/mol. The molecule has 0 spiro atoms. The van der Waals surface area contributed by atoms with E-state index in [4.69, 9.17) is 4.74 Å². The van der Waals surface area contributed by atoms with Crippen LogP contribution in [0.1, 0.15) is 22.8 Å². The minimum absolute atomic E-state index is 0.0568. The molecule has 0 bridgehead atoms.